The zero-order valence-electron chi connectivity index (χ0n) is 10.5. The summed E-state index contributed by atoms with van der Waals surface area (Å²) in [4.78, 5) is 11.8. The summed E-state index contributed by atoms with van der Waals surface area (Å²) < 4.78 is 25.9. The minimum Gasteiger partial charge on any atom is -0.325 e. The van der Waals surface area contributed by atoms with E-state index in [9.17, 15) is 13.2 Å². The highest BCUT2D eigenvalue weighted by molar-refractivity contribution is 7.89. The number of benzene rings is 1. The lowest BCUT2D eigenvalue weighted by molar-refractivity contribution is -0.116. The van der Waals surface area contributed by atoms with E-state index >= 15 is 0 Å². The molecule has 0 radical (unpaired) electrons. The number of nitrogens with zero attached hydrogens (tertiary/aromatic N) is 1. The average Bonchev–Trinajstić information content (AvgIpc) is 3.14. The molecule has 0 bridgehead atoms. The molecule has 1 aliphatic carbocycles. The highest BCUT2D eigenvalue weighted by atomic mass is 32.2. The van der Waals surface area contributed by atoms with Gasteiger partial charge in [0, 0.05) is 12.2 Å². The normalized spacial score (nSPS) is 20.5. The lowest BCUT2D eigenvalue weighted by Gasteiger charge is -2.19. The van der Waals surface area contributed by atoms with Crippen LogP contribution >= 0.6 is 0 Å². The fourth-order valence-corrected chi connectivity index (χ4v) is 4.05. The SMILES string of the molecule is O=C1CN(S(=O)(=O)CC2CC2)Cc2ccccc2N1. The molecule has 1 aromatic carbocycles. The second-order valence-corrected chi connectivity index (χ2v) is 7.21. The third-order valence-corrected chi connectivity index (χ3v) is 5.43. The molecule has 2 aliphatic rings. The van der Waals surface area contributed by atoms with Gasteiger partial charge >= 0.3 is 0 Å². The van der Waals surface area contributed by atoms with Crippen LogP contribution in [0.25, 0.3) is 0 Å². The largest absolute Gasteiger partial charge is 0.325 e. The monoisotopic (exact) mass is 280 g/mol. The number of anilines is 1. The van der Waals surface area contributed by atoms with Crippen molar-refractivity contribution >= 4 is 21.6 Å². The number of carbonyl (C=O) groups excluding carboxylic acids is 1. The molecular formula is C13H16N2O3S. The van der Waals surface area contributed by atoms with Crippen LogP contribution in [0.3, 0.4) is 0 Å². The summed E-state index contributed by atoms with van der Waals surface area (Å²) in [6.45, 7) is 0.174. The van der Waals surface area contributed by atoms with Crippen molar-refractivity contribution in [1.82, 2.24) is 4.31 Å². The van der Waals surface area contributed by atoms with Gasteiger partial charge in [-0.3, -0.25) is 4.79 Å². The first-order valence-electron chi connectivity index (χ1n) is 6.40. The number of hydrogen-bond acceptors (Lipinski definition) is 3. The Morgan fingerprint density at radius 2 is 1.95 bits per heavy atom. The van der Waals surface area contributed by atoms with Gasteiger partial charge in [-0.05, 0) is 30.4 Å². The van der Waals surface area contributed by atoms with Gasteiger partial charge < -0.3 is 5.32 Å². The van der Waals surface area contributed by atoms with Crippen LogP contribution in [0, 0.1) is 5.92 Å². The molecule has 19 heavy (non-hydrogen) atoms. The van der Waals surface area contributed by atoms with Gasteiger partial charge in [-0.1, -0.05) is 18.2 Å². The lowest BCUT2D eigenvalue weighted by atomic mass is 10.2. The van der Waals surface area contributed by atoms with E-state index in [2.05, 4.69) is 5.32 Å². The minimum absolute atomic E-state index is 0.0935. The van der Waals surface area contributed by atoms with Crippen molar-refractivity contribution in [3.05, 3.63) is 29.8 Å². The van der Waals surface area contributed by atoms with E-state index in [1.807, 2.05) is 18.2 Å². The fourth-order valence-electron chi connectivity index (χ4n) is 2.26. The van der Waals surface area contributed by atoms with Gasteiger partial charge in [-0.2, -0.15) is 4.31 Å². The molecule has 6 heteroatoms. The van der Waals surface area contributed by atoms with Crippen LogP contribution in [0.2, 0.25) is 0 Å². The third-order valence-electron chi connectivity index (χ3n) is 3.49. The molecule has 1 fully saturated rings. The highest BCUT2D eigenvalue weighted by Gasteiger charge is 2.34. The molecule has 1 aromatic rings. The highest BCUT2D eigenvalue weighted by Crippen LogP contribution is 2.32. The number of amides is 1. The first kappa shape index (κ1) is 12.6. The zero-order valence-corrected chi connectivity index (χ0v) is 11.3. The Kier molecular flexibility index (Phi) is 3.06. The quantitative estimate of drug-likeness (QED) is 0.904. The summed E-state index contributed by atoms with van der Waals surface area (Å²) in [5.74, 6) is 0.179. The molecule has 1 aliphatic heterocycles. The molecule has 0 saturated heterocycles. The number of rotatable bonds is 3. The number of hydrogen-bond donors (Lipinski definition) is 1. The predicted octanol–water partition coefficient (Wildman–Crippen LogP) is 1.18. The Morgan fingerprint density at radius 1 is 1.21 bits per heavy atom. The number of nitrogens with one attached hydrogen (secondary N) is 1. The van der Waals surface area contributed by atoms with Gasteiger partial charge in [0.2, 0.25) is 15.9 Å². The molecule has 0 unspecified atom stereocenters. The topological polar surface area (TPSA) is 66.5 Å². The summed E-state index contributed by atoms with van der Waals surface area (Å²) >= 11 is 0. The Morgan fingerprint density at radius 3 is 2.68 bits per heavy atom. The standard InChI is InChI=1S/C13H16N2O3S/c16-13-8-15(19(17,18)9-10-5-6-10)7-11-3-1-2-4-12(11)14-13/h1-4,10H,5-9H2,(H,14,16). The summed E-state index contributed by atoms with van der Waals surface area (Å²) in [6, 6.07) is 7.32. The molecule has 5 nitrogen and oxygen atoms in total. The maximum Gasteiger partial charge on any atom is 0.239 e. The second-order valence-electron chi connectivity index (χ2n) is 5.20. The van der Waals surface area contributed by atoms with E-state index in [4.69, 9.17) is 0 Å². The third kappa shape index (κ3) is 2.79. The van der Waals surface area contributed by atoms with Crippen molar-refractivity contribution in [2.45, 2.75) is 19.4 Å². The molecule has 3 rings (SSSR count). The van der Waals surface area contributed by atoms with Gasteiger partial charge in [0.1, 0.15) is 0 Å². The summed E-state index contributed by atoms with van der Waals surface area (Å²) in [5.41, 5.74) is 1.55. The van der Waals surface area contributed by atoms with Crippen LogP contribution in [0.15, 0.2) is 24.3 Å². The first-order valence-corrected chi connectivity index (χ1v) is 8.01. The molecule has 0 aromatic heterocycles. The molecule has 1 amide bonds. The van der Waals surface area contributed by atoms with Crippen molar-refractivity contribution in [1.29, 1.82) is 0 Å². The van der Waals surface area contributed by atoms with E-state index in [1.165, 1.54) is 4.31 Å². The molecule has 102 valence electrons. The van der Waals surface area contributed by atoms with E-state index in [0.717, 1.165) is 18.4 Å². The van der Waals surface area contributed by atoms with E-state index in [-0.39, 0.29) is 30.7 Å². The molecular weight excluding hydrogens is 264 g/mol. The number of sulfonamides is 1. The minimum atomic E-state index is -3.35. The van der Waals surface area contributed by atoms with Crippen LogP contribution in [0.5, 0.6) is 0 Å². The molecule has 1 N–H and O–H groups in total. The molecule has 1 saturated carbocycles. The first-order chi connectivity index (χ1) is 9.04. The van der Waals surface area contributed by atoms with E-state index in [0.29, 0.717) is 5.69 Å². The van der Waals surface area contributed by atoms with Crippen LogP contribution in [0.1, 0.15) is 18.4 Å². The summed E-state index contributed by atoms with van der Waals surface area (Å²) in [7, 11) is -3.35. The van der Waals surface area contributed by atoms with Gasteiger partial charge in [0.15, 0.2) is 0 Å². The number of fused-ring (bicyclic) bond motifs is 1. The summed E-state index contributed by atoms with van der Waals surface area (Å²) in [5, 5.41) is 2.75. The van der Waals surface area contributed by atoms with Crippen LogP contribution in [-0.4, -0.2) is 30.9 Å². The maximum absolute atomic E-state index is 12.3. The predicted molar refractivity (Wildman–Crippen MR) is 72.0 cm³/mol. The average molecular weight is 280 g/mol. The van der Waals surface area contributed by atoms with Gasteiger partial charge in [0.05, 0.1) is 12.3 Å². The smallest absolute Gasteiger partial charge is 0.239 e. The van der Waals surface area contributed by atoms with Crippen LogP contribution in [0.4, 0.5) is 5.69 Å². The van der Waals surface area contributed by atoms with E-state index in [1.54, 1.807) is 6.07 Å². The number of para-hydroxylation sites is 1. The molecule has 0 spiro atoms. The van der Waals surface area contributed by atoms with E-state index < -0.39 is 10.0 Å². The number of carbonyl (C=O) groups is 1. The van der Waals surface area contributed by atoms with Gasteiger partial charge in [-0.25, -0.2) is 8.42 Å². The van der Waals surface area contributed by atoms with Crippen LogP contribution in [-0.2, 0) is 21.4 Å². The second kappa shape index (κ2) is 4.61. The Bertz CT molecular complexity index is 608. The van der Waals surface area contributed by atoms with Crippen molar-refractivity contribution in [2.24, 2.45) is 5.92 Å². The lowest BCUT2D eigenvalue weighted by Crippen LogP contribution is -2.37. The van der Waals surface area contributed by atoms with Crippen molar-refractivity contribution in [3.8, 4) is 0 Å². The Hall–Kier alpha value is -1.40. The van der Waals surface area contributed by atoms with Crippen molar-refractivity contribution in [3.63, 3.8) is 0 Å². The van der Waals surface area contributed by atoms with Crippen LogP contribution < -0.4 is 5.32 Å². The van der Waals surface area contributed by atoms with Crippen molar-refractivity contribution in [2.75, 3.05) is 17.6 Å². The van der Waals surface area contributed by atoms with Crippen molar-refractivity contribution < 1.29 is 13.2 Å². The van der Waals surface area contributed by atoms with Gasteiger partial charge in [-0.15, -0.1) is 0 Å². The molecule has 1 heterocycles. The summed E-state index contributed by atoms with van der Waals surface area (Å²) in [6.07, 6.45) is 1.96. The van der Waals surface area contributed by atoms with Gasteiger partial charge in [0.25, 0.3) is 0 Å². The Balaban J connectivity index is 1.88. The zero-order chi connectivity index (χ0) is 13.5. The maximum atomic E-state index is 12.3. The fraction of sp³-hybridized carbons (Fsp3) is 0.462. The Labute approximate surface area is 112 Å². The molecule has 0 atom stereocenters.